The maximum atomic E-state index is 12.4. The number of aliphatic hydroxyl groups excluding tert-OH is 2. The van der Waals surface area contributed by atoms with E-state index in [2.05, 4.69) is 26.0 Å². The van der Waals surface area contributed by atoms with E-state index in [1.54, 1.807) is 0 Å². The Kier molecular flexibility index (Phi) is 40.9. The molecule has 56 heavy (non-hydrogen) atoms. The van der Waals surface area contributed by atoms with E-state index in [-0.39, 0.29) is 12.8 Å². The Morgan fingerprint density at radius 3 is 1.02 bits per heavy atom. The molecule has 0 aromatic heterocycles. The number of hydrogen-bond donors (Lipinski definition) is 3. The number of esters is 2. The van der Waals surface area contributed by atoms with Gasteiger partial charge in [0.1, 0.15) is 12.2 Å². The van der Waals surface area contributed by atoms with E-state index in [0.29, 0.717) is 12.8 Å². The van der Waals surface area contributed by atoms with Crippen molar-refractivity contribution in [1.82, 2.24) is 0 Å². The highest BCUT2D eigenvalue weighted by atomic mass is 31.2. The van der Waals surface area contributed by atoms with Gasteiger partial charge in [-0.05, 0) is 38.5 Å². The van der Waals surface area contributed by atoms with E-state index >= 15 is 0 Å². The highest BCUT2D eigenvalue weighted by molar-refractivity contribution is 7.47. The number of carbonyl (C=O) groups is 2. The summed E-state index contributed by atoms with van der Waals surface area (Å²) in [6.45, 7) is 2.24. The third kappa shape index (κ3) is 39.5. The van der Waals surface area contributed by atoms with Crippen molar-refractivity contribution in [3.63, 3.8) is 0 Å². The van der Waals surface area contributed by atoms with E-state index in [4.69, 9.17) is 18.5 Å². The van der Waals surface area contributed by atoms with Crippen molar-refractivity contribution in [2.24, 2.45) is 0 Å². The molecule has 0 aromatic rings. The largest absolute Gasteiger partial charge is 0.472 e. The molecule has 0 spiro atoms. The van der Waals surface area contributed by atoms with Crippen molar-refractivity contribution in [2.75, 3.05) is 26.4 Å². The second kappa shape index (κ2) is 41.9. The van der Waals surface area contributed by atoms with Gasteiger partial charge in [0, 0.05) is 12.8 Å². The zero-order chi connectivity index (χ0) is 41.2. The third-order valence-electron chi connectivity index (χ3n) is 10.2. The molecule has 3 unspecified atom stereocenters. The lowest BCUT2D eigenvalue weighted by Crippen LogP contribution is -2.28. The minimum absolute atomic E-state index is 0.194. The molecule has 0 saturated carbocycles. The number of phosphoric acid groups is 1. The van der Waals surface area contributed by atoms with Crippen LogP contribution >= 0.6 is 7.82 Å². The van der Waals surface area contributed by atoms with Crippen molar-refractivity contribution in [2.45, 2.75) is 238 Å². The minimum Gasteiger partial charge on any atom is -0.457 e. The van der Waals surface area contributed by atoms with Gasteiger partial charge in [-0.2, -0.15) is 0 Å². The molecular formula is C45H87O10P. The maximum Gasteiger partial charge on any atom is 0.472 e. The van der Waals surface area contributed by atoms with Crippen LogP contribution in [0.2, 0.25) is 0 Å². The maximum absolute atomic E-state index is 12.4. The number of rotatable bonds is 44. The summed E-state index contributed by atoms with van der Waals surface area (Å²) in [5, 5.41) is 19.2. The van der Waals surface area contributed by atoms with Gasteiger partial charge >= 0.3 is 19.8 Å². The van der Waals surface area contributed by atoms with Crippen LogP contribution in [-0.2, 0) is 32.7 Å². The normalized spacial score (nSPS) is 13.9. The van der Waals surface area contributed by atoms with Gasteiger partial charge in [-0.1, -0.05) is 187 Å². The van der Waals surface area contributed by atoms with Crippen LogP contribution in [0.15, 0.2) is 12.2 Å². The van der Waals surface area contributed by atoms with Crippen LogP contribution in [0.1, 0.15) is 226 Å². The average Bonchev–Trinajstić information content (AvgIpc) is 3.19. The topological polar surface area (TPSA) is 149 Å². The van der Waals surface area contributed by atoms with Crippen LogP contribution in [0, 0.1) is 0 Å². The molecule has 3 N–H and O–H groups in total. The van der Waals surface area contributed by atoms with Gasteiger partial charge in [-0.25, -0.2) is 4.57 Å². The molecule has 11 heteroatoms. The van der Waals surface area contributed by atoms with E-state index in [9.17, 15) is 29.3 Å². The van der Waals surface area contributed by atoms with Crippen molar-refractivity contribution in [1.29, 1.82) is 0 Å². The van der Waals surface area contributed by atoms with E-state index < -0.39 is 58.4 Å². The lowest BCUT2D eigenvalue weighted by atomic mass is 10.0. The fourth-order valence-electron chi connectivity index (χ4n) is 6.64. The lowest BCUT2D eigenvalue weighted by molar-refractivity contribution is -0.153. The van der Waals surface area contributed by atoms with E-state index in [1.807, 2.05) is 0 Å². The summed E-state index contributed by atoms with van der Waals surface area (Å²) in [7, 11) is -4.63. The van der Waals surface area contributed by atoms with Crippen molar-refractivity contribution in [3.05, 3.63) is 12.2 Å². The zero-order valence-corrected chi connectivity index (χ0v) is 37.0. The van der Waals surface area contributed by atoms with E-state index in [1.165, 1.54) is 148 Å². The molecule has 0 aromatic carbocycles. The summed E-state index contributed by atoms with van der Waals surface area (Å²) in [5.74, 6) is -1.01. The summed E-state index contributed by atoms with van der Waals surface area (Å²) in [6.07, 6.45) is 40.4. The zero-order valence-electron chi connectivity index (χ0n) is 36.1. The SMILES string of the molecule is CCCCCCCC/C=C\CCCCCCCCCCCC(=O)OC(CO)COP(=O)(O)OCC(CO)OC(=O)CCCCCCCCCCCCCCCC. The molecule has 0 amide bonds. The van der Waals surface area contributed by atoms with Gasteiger partial charge in [-0.15, -0.1) is 0 Å². The third-order valence-corrected chi connectivity index (χ3v) is 11.2. The number of unbranched alkanes of at least 4 members (excludes halogenated alkanes) is 28. The number of carbonyl (C=O) groups excluding carboxylic acids is 2. The molecule has 0 aliphatic carbocycles. The Morgan fingerprint density at radius 2 is 0.732 bits per heavy atom. The first-order valence-electron chi connectivity index (χ1n) is 23.1. The Hall–Kier alpha value is -1.29. The van der Waals surface area contributed by atoms with Gasteiger partial charge in [0.25, 0.3) is 0 Å². The Bertz CT molecular complexity index is 946. The summed E-state index contributed by atoms with van der Waals surface area (Å²) in [6, 6.07) is 0. The number of hydrogen-bond acceptors (Lipinski definition) is 9. The van der Waals surface area contributed by atoms with Gasteiger partial charge < -0.3 is 24.6 Å². The van der Waals surface area contributed by atoms with E-state index in [0.717, 1.165) is 38.5 Å². The minimum atomic E-state index is -4.63. The molecule has 0 bridgehead atoms. The van der Waals surface area contributed by atoms with Gasteiger partial charge in [0.15, 0.2) is 0 Å². The number of ether oxygens (including phenoxy) is 2. The summed E-state index contributed by atoms with van der Waals surface area (Å²) in [5.41, 5.74) is 0. The Morgan fingerprint density at radius 1 is 0.464 bits per heavy atom. The number of phosphoric ester groups is 1. The smallest absolute Gasteiger partial charge is 0.457 e. The highest BCUT2D eigenvalue weighted by Gasteiger charge is 2.27. The van der Waals surface area contributed by atoms with Crippen LogP contribution in [0.25, 0.3) is 0 Å². The predicted octanol–water partition coefficient (Wildman–Crippen LogP) is 12.4. The molecule has 0 saturated heterocycles. The second-order valence-electron chi connectivity index (χ2n) is 15.7. The standard InChI is InChI=1S/C45H87O10P/c1-3-5-7-9-11-13-15-17-19-20-21-22-23-25-27-29-31-33-35-37-45(49)55-43(39-47)41-53-56(50,51)52-40-42(38-46)54-44(48)36-34-32-30-28-26-24-18-16-14-12-10-8-6-4-2/h17,19,42-43,46-47H,3-16,18,20-41H2,1-2H3,(H,50,51)/b19-17-. The van der Waals surface area contributed by atoms with Crippen LogP contribution in [-0.4, -0.2) is 65.7 Å². The molecule has 0 aliphatic heterocycles. The quantitative estimate of drug-likeness (QED) is 0.0235. The first kappa shape index (κ1) is 54.7. The first-order valence-corrected chi connectivity index (χ1v) is 24.6. The summed E-state index contributed by atoms with van der Waals surface area (Å²) >= 11 is 0. The van der Waals surface area contributed by atoms with Crippen LogP contribution in [0.5, 0.6) is 0 Å². The fourth-order valence-corrected chi connectivity index (χ4v) is 7.42. The number of allylic oxidation sites excluding steroid dienone is 2. The van der Waals surface area contributed by atoms with Crippen molar-refractivity contribution in [3.8, 4) is 0 Å². The molecule has 0 heterocycles. The molecule has 0 aliphatic rings. The second-order valence-corrected chi connectivity index (χ2v) is 17.2. The molecular weight excluding hydrogens is 731 g/mol. The molecule has 332 valence electrons. The fraction of sp³-hybridized carbons (Fsp3) is 0.911. The summed E-state index contributed by atoms with van der Waals surface area (Å²) < 4.78 is 32.6. The monoisotopic (exact) mass is 819 g/mol. The van der Waals surface area contributed by atoms with Crippen LogP contribution in [0.3, 0.4) is 0 Å². The van der Waals surface area contributed by atoms with Crippen molar-refractivity contribution < 1.29 is 47.8 Å². The molecule has 10 nitrogen and oxygen atoms in total. The Balaban J connectivity index is 3.86. The Labute approximate surface area is 343 Å². The summed E-state index contributed by atoms with van der Waals surface area (Å²) in [4.78, 5) is 34.5. The van der Waals surface area contributed by atoms with Gasteiger partial charge in [-0.3, -0.25) is 18.6 Å². The molecule has 3 atom stereocenters. The molecule has 0 rings (SSSR count). The van der Waals surface area contributed by atoms with Crippen LogP contribution < -0.4 is 0 Å². The lowest BCUT2D eigenvalue weighted by Gasteiger charge is -2.20. The highest BCUT2D eigenvalue weighted by Crippen LogP contribution is 2.43. The van der Waals surface area contributed by atoms with Gasteiger partial charge in [0.2, 0.25) is 0 Å². The molecule has 0 fully saturated rings. The van der Waals surface area contributed by atoms with Crippen molar-refractivity contribution >= 4 is 19.8 Å². The predicted molar refractivity (Wildman–Crippen MR) is 229 cm³/mol. The molecule has 0 radical (unpaired) electrons. The van der Waals surface area contributed by atoms with Crippen LogP contribution in [0.4, 0.5) is 0 Å². The average molecular weight is 819 g/mol. The number of aliphatic hydroxyl groups is 2. The van der Waals surface area contributed by atoms with Gasteiger partial charge in [0.05, 0.1) is 26.4 Å². The first-order chi connectivity index (χ1) is 27.3.